The summed E-state index contributed by atoms with van der Waals surface area (Å²) in [5.74, 6) is -3.70. The number of carboxylic acid groups (broad SMARTS) is 2. The Morgan fingerprint density at radius 3 is 2.18 bits per heavy atom. The lowest BCUT2D eigenvalue weighted by Gasteiger charge is -1.98. The molecule has 0 rings (SSSR count). The highest BCUT2D eigenvalue weighted by atomic mass is 17.2. The third-order valence-corrected chi connectivity index (χ3v) is 0.638. The normalized spacial score (nSPS) is 10.8. The SMILES string of the molecule is COO/C(=C/C(=O)O)C(=O)O. The van der Waals surface area contributed by atoms with Crippen LogP contribution in [-0.2, 0) is 19.4 Å². The number of rotatable bonds is 4. The van der Waals surface area contributed by atoms with Gasteiger partial charge >= 0.3 is 11.9 Å². The van der Waals surface area contributed by atoms with E-state index in [-0.39, 0.29) is 0 Å². The molecule has 0 aromatic carbocycles. The largest absolute Gasteiger partial charge is 0.478 e. The van der Waals surface area contributed by atoms with E-state index in [0.717, 1.165) is 7.11 Å². The monoisotopic (exact) mass is 162 g/mol. The van der Waals surface area contributed by atoms with E-state index in [4.69, 9.17) is 10.2 Å². The van der Waals surface area contributed by atoms with Crippen LogP contribution in [0.15, 0.2) is 11.8 Å². The number of hydrogen-bond donors (Lipinski definition) is 2. The molecule has 0 saturated carbocycles. The Labute approximate surface area is 61.6 Å². The fourth-order valence-corrected chi connectivity index (χ4v) is 0.323. The van der Waals surface area contributed by atoms with Crippen LogP contribution in [0.5, 0.6) is 0 Å². The topological polar surface area (TPSA) is 93.1 Å². The lowest BCUT2D eigenvalue weighted by atomic mass is 10.4. The maximum Gasteiger partial charge on any atom is 0.375 e. The quantitative estimate of drug-likeness (QED) is 0.253. The van der Waals surface area contributed by atoms with Crippen LogP contribution in [0.1, 0.15) is 0 Å². The zero-order chi connectivity index (χ0) is 8.85. The molecule has 6 heteroatoms. The minimum Gasteiger partial charge on any atom is -0.478 e. The molecule has 0 spiro atoms. The molecule has 6 nitrogen and oxygen atoms in total. The van der Waals surface area contributed by atoms with Crippen LogP contribution in [-0.4, -0.2) is 29.3 Å². The van der Waals surface area contributed by atoms with E-state index < -0.39 is 17.7 Å². The van der Waals surface area contributed by atoms with Gasteiger partial charge in [-0.25, -0.2) is 9.59 Å². The van der Waals surface area contributed by atoms with Gasteiger partial charge in [-0.3, -0.25) is 0 Å². The van der Waals surface area contributed by atoms with Crippen LogP contribution in [0.25, 0.3) is 0 Å². The molecule has 2 N–H and O–H groups in total. The molecule has 0 bridgehead atoms. The summed E-state index contributed by atoms with van der Waals surface area (Å²) in [6.45, 7) is 0. The van der Waals surface area contributed by atoms with Crippen molar-refractivity contribution in [2.24, 2.45) is 0 Å². The highest BCUT2D eigenvalue weighted by molar-refractivity contribution is 5.92. The maximum atomic E-state index is 10.1. The van der Waals surface area contributed by atoms with Gasteiger partial charge in [0.25, 0.3) is 5.76 Å². The molecule has 0 fully saturated rings. The molecule has 0 heterocycles. The maximum absolute atomic E-state index is 10.1. The van der Waals surface area contributed by atoms with Crippen LogP contribution in [0.3, 0.4) is 0 Å². The van der Waals surface area contributed by atoms with Gasteiger partial charge in [-0.2, -0.15) is 4.89 Å². The van der Waals surface area contributed by atoms with E-state index in [9.17, 15) is 9.59 Å². The van der Waals surface area contributed by atoms with Gasteiger partial charge in [-0.1, -0.05) is 0 Å². The predicted molar refractivity (Wildman–Crippen MR) is 31.4 cm³/mol. The second kappa shape index (κ2) is 4.29. The minimum absolute atomic E-state index is 0.381. The molecule has 0 atom stereocenters. The van der Waals surface area contributed by atoms with Gasteiger partial charge in [0.1, 0.15) is 0 Å². The van der Waals surface area contributed by atoms with Crippen molar-refractivity contribution in [3.05, 3.63) is 11.8 Å². The van der Waals surface area contributed by atoms with E-state index in [2.05, 4.69) is 9.78 Å². The molecule has 0 aliphatic carbocycles. The molecule has 11 heavy (non-hydrogen) atoms. The summed E-state index contributed by atoms with van der Waals surface area (Å²) in [5.41, 5.74) is 0. The van der Waals surface area contributed by atoms with Crippen molar-refractivity contribution in [2.75, 3.05) is 7.11 Å². The minimum atomic E-state index is -1.51. The first-order valence-corrected chi connectivity index (χ1v) is 2.46. The summed E-state index contributed by atoms with van der Waals surface area (Å²) in [5, 5.41) is 16.3. The molecule has 0 aromatic rings. The van der Waals surface area contributed by atoms with E-state index in [1.165, 1.54) is 0 Å². The van der Waals surface area contributed by atoms with Crippen molar-refractivity contribution >= 4 is 11.9 Å². The van der Waals surface area contributed by atoms with Gasteiger partial charge in [0.2, 0.25) is 0 Å². The molecule has 0 aromatic heterocycles. The summed E-state index contributed by atoms with van der Waals surface area (Å²) >= 11 is 0. The van der Waals surface area contributed by atoms with Gasteiger partial charge in [-0.15, -0.1) is 0 Å². The highest BCUT2D eigenvalue weighted by Crippen LogP contribution is 1.96. The Bertz CT molecular complexity index is 193. The van der Waals surface area contributed by atoms with E-state index in [1.54, 1.807) is 0 Å². The third-order valence-electron chi connectivity index (χ3n) is 0.638. The molecule has 0 aliphatic heterocycles. The second-order valence-corrected chi connectivity index (χ2v) is 1.40. The van der Waals surface area contributed by atoms with Gasteiger partial charge in [0.15, 0.2) is 0 Å². The van der Waals surface area contributed by atoms with Gasteiger partial charge in [0, 0.05) is 0 Å². The zero-order valence-corrected chi connectivity index (χ0v) is 5.60. The van der Waals surface area contributed by atoms with E-state index >= 15 is 0 Å². The number of carbonyl (C=O) groups is 2. The molecule has 62 valence electrons. The molecule has 0 saturated heterocycles. The fourth-order valence-electron chi connectivity index (χ4n) is 0.323. The van der Waals surface area contributed by atoms with Gasteiger partial charge in [0.05, 0.1) is 13.2 Å². The van der Waals surface area contributed by atoms with Crippen LogP contribution < -0.4 is 0 Å². The number of hydrogen-bond acceptors (Lipinski definition) is 4. The van der Waals surface area contributed by atoms with Gasteiger partial charge < -0.3 is 15.1 Å². The Morgan fingerprint density at radius 2 is 1.91 bits per heavy atom. The summed E-state index contributed by atoms with van der Waals surface area (Å²) in [4.78, 5) is 28.0. The van der Waals surface area contributed by atoms with Crippen molar-refractivity contribution in [3.63, 3.8) is 0 Å². The van der Waals surface area contributed by atoms with Crippen LogP contribution in [0.2, 0.25) is 0 Å². The van der Waals surface area contributed by atoms with Crippen LogP contribution in [0, 0.1) is 0 Å². The average molecular weight is 162 g/mol. The van der Waals surface area contributed by atoms with Gasteiger partial charge in [-0.05, 0) is 0 Å². The zero-order valence-electron chi connectivity index (χ0n) is 5.60. The summed E-state index contributed by atoms with van der Waals surface area (Å²) in [6, 6.07) is 0. The predicted octanol–water partition coefficient (Wildman–Crippen LogP) is -0.382. The van der Waals surface area contributed by atoms with Crippen LogP contribution >= 0.6 is 0 Å². The molecule has 0 radical (unpaired) electrons. The first-order chi connectivity index (χ1) is 5.07. The second-order valence-electron chi connectivity index (χ2n) is 1.40. The molecule has 0 aliphatic rings. The first-order valence-electron chi connectivity index (χ1n) is 2.46. The molecular weight excluding hydrogens is 156 g/mol. The van der Waals surface area contributed by atoms with E-state index in [0.29, 0.717) is 6.08 Å². The van der Waals surface area contributed by atoms with Crippen molar-refractivity contribution in [2.45, 2.75) is 0 Å². The summed E-state index contributed by atoms with van der Waals surface area (Å²) < 4.78 is 0. The summed E-state index contributed by atoms with van der Waals surface area (Å²) in [7, 11) is 1.07. The number of carboxylic acids is 2. The van der Waals surface area contributed by atoms with Crippen molar-refractivity contribution in [3.8, 4) is 0 Å². The van der Waals surface area contributed by atoms with Crippen molar-refractivity contribution in [1.29, 1.82) is 0 Å². The lowest BCUT2D eigenvalue weighted by Crippen LogP contribution is -2.07. The Kier molecular flexibility index (Phi) is 3.68. The number of aliphatic carboxylic acids is 2. The lowest BCUT2D eigenvalue weighted by molar-refractivity contribution is -0.240. The molecule has 0 amide bonds. The molecule has 0 unspecified atom stereocenters. The average Bonchev–Trinajstić information content (AvgIpc) is 1.86. The van der Waals surface area contributed by atoms with Crippen molar-refractivity contribution in [1.82, 2.24) is 0 Å². The Morgan fingerprint density at radius 1 is 1.36 bits per heavy atom. The fraction of sp³-hybridized carbons (Fsp3) is 0.200. The van der Waals surface area contributed by atoms with Crippen LogP contribution in [0.4, 0.5) is 0 Å². The van der Waals surface area contributed by atoms with E-state index in [1.807, 2.05) is 0 Å². The summed E-state index contributed by atoms with van der Waals surface area (Å²) in [6.07, 6.45) is 0.381. The molecular formula is C5H6O6. The smallest absolute Gasteiger partial charge is 0.375 e. The Hall–Kier alpha value is -1.56. The van der Waals surface area contributed by atoms with Crippen molar-refractivity contribution < 1.29 is 29.6 Å². The first kappa shape index (κ1) is 9.44. The third kappa shape index (κ3) is 3.93. The Balaban J connectivity index is 4.32. The highest BCUT2D eigenvalue weighted by Gasteiger charge is 2.11. The standard InChI is InChI=1S/C5H6O6/c1-10-11-3(5(8)9)2-4(6)7/h2H,1H3,(H,6,7)(H,8,9)/b3-2+.